The smallest absolute Gasteiger partial charge is 0.223 e. The van der Waals surface area contributed by atoms with Gasteiger partial charge >= 0.3 is 0 Å². The minimum atomic E-state index is 0.136. The van der Waals surface area contributed by atoms with Gasteiger partial charge in [0, 0.05) is 50.8 Å². The van der Waals surface area contributed by atoms with Gasteiger partial charge in [0.25, 0.3) is 0 Å². The van der Waals surface area contributed by atoms with Gasteiger partial charge in [-0.25, -0.2) is 4.98 Å². The second-order valence-corrected chi connectivity index (χ2v) is 8.27. The maximum Gasteiger partial charge on any atom is 0.223 e. The summed E-state index contributed by atoms with van der Waals surface area (Å²) in [5, 5.41) is 0. The minimum absolute atomic E-state index is 0.136. The predicted molar refractivity (Wildman–Crippen MR) is 128 cm³/mol. The van der Waals surface area contributed by atoms with Crippen molar-refractivity contribution >= 4 is 11.6 Å². The first-order valence-electron chi connectivity index (χ1n) is 11.3. The number of methoxy groups -OCH3 is 2. The van der Waals surface area contributed by atoms with Crippen molar-refractivity contribution in [2.45, 2.75) is 26.7 Å². The van der Waals surface area contributed by atoms with E-state index in [-0.39, 0.29) is 5.91 Å². The molecule has 1 aromatic heterocycles. The zero-order chi connectivity index (χ0) is 23.4. The van der Waals surface area contributed by atoms with Gasteiger partial charge in [-0.1, -0.05) is 12.1 Å². The molecule has 33 heavy (non-hydrogen) atoms. The van der Waals surface area contributed by atoms with E-state index in [9.17, 15) is 4.79 Å². The lowest BCUT2D eigenvalue weighted by Crippen LogP contribution is -2.49. The number of rotatable bonds is 7. The maximum atomic E-state index is 12.8. The van der Waals surface area contributed by atoms with Gasteiger partial charge in [0.1, 0.15) is 11.5 Å². The molecule has 3 aromatic rings. The van der Waals surface area contributed by atoms with Crippen molar-refractivity contribution in [2.24, 2.45) is 0 Å². The van der Waals surface area contributed by atoms with E-state index in [1.807, 2.05) is 17.0 Å². The zero-order valence-corrected chi connectivity index (χ0v) is 19.8. The molecule has 174 valence electrons. The van der Waals surface area contributed by atoms with Gasteiger partial charge < -0.3 is 23.7 Å². The summed E-state index contributed by atoms with van der Waals surface area (Å²) in [6.07, 6.45) is 2.52. The summed E-state index contributed by atoms with van der Waals surface area (Å²) in [5.74, 6) is 2.65. The van der Waals surface area contributed by atoms with Crippen LogP contribution in [0, 0.1) is 13.8 Å². The fourth-order valence-corrected chi connectivity index (χ4v) is 4.20. The molecule has 0 N–H and O–H groups in total. The molecule has 0 atom stereocenters. The van der Waals surface area contributed by atoms with Crippen molar-refractivity contribution < 1.29 is 18.7 Å². The van der Waals surface area contributed by atoms with E-state index in [0.29, 0.717) is 36.0 Å². The summed E-state index contributed by atoms with van der Waals surface area (Å²) >= 11 is 0. The molecule has 1 fully saturated rings. The topological polar surface area (TPSA) is 68.0 Å². The molecule has 0 spiro atoms. The normalized spacial score (nSPS) is 13.8. The van der Waals surface area contributed by atoms with E-state index >= 15 is 0 Å². The standard InChI is InChI=1S/C26H31N3O4/c1-18-6-5-7-22(19(18)2)28-12-14-29(15-13-28)26(30)11-10-25-27-17-24(33-25)21-9-8-20(31-3)16-23(21)32-4/h5-9,16-17H,10-15H2,1-4H3. The number of carbonyl (C=O) groups excluding carboxylic acids is 1. The first kappa shape index (κ1) is 22.7. The highest BCUT2D eigenvalue weighted by Crippen LogP contribution is 2.33. The van der Waals surface area contributed by atoms with E-state index in [1.54, 1.807) is 26.5 Å². The van der Waals surface area contributed by atoms with Crippen molar-refractivity contribution in [3.05, 3.63) is 59.6 Å². The summed E-state index contributed by atoms with van der Waals surface area (Å²) in [6, 6.07) is 11.9. The number of aryl methyl sites for hydroxylation is 2. The van der Waals surface area contributed by atoms with Crippen LogP contribution in [0.2, 0.25) is 0 Å². The number of benzene rings is 2. The minimum Gasteiger partial charge on any atom is -0.497 e. The molecule has 1 amide bonds. The highest BCUT2D eigenvalue weighted by Gasteiger charge is 2.23. The average Bonchev–Trinajstić information content (AvgIpc) is 3.32. The van der Waals surface area contributed by atoms with E-state index < -0.39 is 0 Å². The lowest BCUT2D eigenvalue weighted by atomic mass is 10.1. The molecule has 0 radical (unpaired) electrons. The molecular formula is C26H31N3O4. The number of aromatic nitrogens is 1. The number of ether oxygens (including phenoxy) is 2. The fraction of sp³-hybridized carbons (Fsp3) is 0.385. The molecule has 0 aliphatic carbocycles. The van der Waals surface area contributed by atoms with Crippen molar-refractivity contribution in [1.29, 1.82) is 0 Å². The first-order chi connectivity index (χ1) is 16.0. The van der Waals surface area contributed by atoms with Crippen LogP contribution >= 0.6 is 0 Å². The van der Waals surface area contributed by atoms with E-state index in [2.05, 4.69) is 41.9 Å². The Labute approximate surface area is 194 Å². The van der Waals surface area contributed by atoms with Crippen LogP contribution in [0.4, 0.5) is 5.69 Å². The maximum absolute atomic E-state index is 12.8. The van der Waals surface area contributed by atoms with Crippen molar-refractivity contribution in [3.8, 4) is 22.8 Å². The van der Waals surface area contributed by atoms with Crippen molar-refractivity contribution in [3.63, 3.8) is 0 Å². The molecule has 0 bridgehead atoms. The van der Waals surface area contributed by atoms with Crippen LogP contribution in [0.15, 0.2) is 47.0 Å². The van der Waals surface area contributed by atoms with Gasteiger partial charge in [0.15, 0.2) is 11.7 Å². The summed E-state index contributed by atoms with van der Waals surface area (Å²) < 4.78 is 16.6. The van der Waals surface area contributed by atoms with Crippen LogP contribution in [-0.4, -0.2) is 56.2 Å². The summed E-state index contributed by atoms with van der Waals surface area (Å²) in [5.41, 5.74) is 4.67. The van der Waals surface area contributed by atoms with E-state index in [1.165, 1.54) is 16.8 Å². The quantitative estimate of drug-likeness (QED) is 0.537. The second kappa shape index (κ2) is 9.98. The molecule has 2 heterocycles. The van der Waals surface area contributed by atoms with Crippen LogP contribution < -0.4 is 14.4 Å². The Morgan fingerprint density at radius 2 is 1.85 bits per heavy atom. The highest BCUT2D eigenvalue weighted by atomic mass is 16.5. The Balaban J connectivity index is 1.32. The third-order valence-electron chi connectivity index (χ3n) is 6.33. The Kier molecular flexibility index (Phi) is 6.87. The zero-order valence-electron chi connectivity index (χ0n) is 19.8. The fourth-order valence-electron chi connectivity index (χ4n) is 4.20. The van der Waals surface area contributed by atoms with Crippen molar-refractivity contribution in [1.82, 2.24) is 9.88 Å². The average molecular weight is 450 g/mol. The molecule has 1 aliphatic heterocycles. The number of hydrogen-bond acceptors (Lipinski definition) is 6. The lowest BCUT2D eigenvalue weighted by Gasteiger charge is -2.37. The van der Waals surface area contributed by atoms with Crippen molar-refractivity contribution in [2.75, 3.05) is 45.3 Å². The number of amides is 1. The molecule has 0 unspecified atom stereocenters. The van der Waals surface area contributed by atoms with Gasteiger partial charge in [0.2, 0.25) is 5.91 Å². The third kappa shape index (κ3) is 4.97. The number of anilines is 1. The van der Waals surface area contributed by atoms with Gasteiger partial charge in [-0.2, -0.15) is 0 Å². The Morgan fingerprint density at radius 1 is 1.06 bits per heavy atom. The number of hydrogen-bond donors (Lipinski definition) is 0. The van der Waals surface area contributed by atoms with Crippen LogP contribution in [0.5, 0.6) is 11.5 Å². The Hall–Kier alpha value is -3.48. The molecule has 1 aliphatic rings. The number of nitrogens with zero attached hydrogens (tertiary/aromatic N) is 3. The number of carbonyl (C=O) groups is 1. The van der Waals surface area contributed by atoms with Gasteiger partial charge in [-0.05, 0) is 43.2 Å². The molecule has 7 heteroatoms. The van der Waals surface area contributed by atoms with Gasteiger partial charge in [0.05, 0.1) is 26.0 Å². The number of oxazole rings is 1. The third-order valence-corrected chi connectivity index (χ3v) is 6.33. The molecule has 4 rings (SSSR count). The highest BCUT2D eigenvalue weighted by molar-refractivity contribution is 5.77. The summed E-state index contributed by atoms with van der Waals surface area (Å²) in [7, 11) is 3.22. The van der Waals surface area contributed by atoms with Crippen LogP contribution in [0.3, 0.4) is 0 Å². The summed E-state index contributed by atoms with van der Waals surface area (Å²) in [6.45, 7) is 7.44. The molecule has 0 saturated carbocycles. The van der Waals surface area contributed by atoms with Crippen LogP contribution in [-0.2, 0) is 11.2 Å². The first-order valence-corrected chi connectivity index (χ1v) is 11.3. The molecule has 7 nitrogen and oxygen atoms in total. The molecule has 1 saturated heterocycles. The van der Waals surface area contributed by atoms with Crippen LogP contribution in [0.1, 0.15) is 23.4 Å². The van der Waals surface area contributed by atoms with Crippen LogP contribution in [0.25, 0.3) is 11.3 Å². The monoisotopic (exact) mass is 449 g/mol. The molecular weight excluding hydrogens is 418 g/mol. The summed E-state index contributed by atoms with van der Waals surface area (Å²) in [4.78, 5) is 21.5. The Bertz CT molecular complexity index is 1120. The largest absolute Gasteiger partial charge is 0.497 e. The Morgan fingerprint density at radius 3 is 2.58 bits per heavy atom. The number of piperazine rings is 1. The van der Waals surface area contributed by atoms with E-state index in [4.69, 9.17) is 13.9 Å². The second-order valence-electron chi connectivity index (χ2n) is 8.27. The molecule has 2 aromatic carbocycles. The van der Waals surface area contributed by atoms with Gasteiger partial charge in [-0.15, -0.1) is 0 Å². The lowest BCUT2D eigenvalue weighted by molar-refractivity contribution is -0.131. The predicted octanol–water partition coefficient (Wildman–Crippen LogP) is 4.26. The van der Waals surface area contributed by atoms with Gasteiger partial charge in [-0.3, -0.25) is 4.79 Å². The van der Waals surface area contributed by atoms with E-state index in [0.717, 1.165) is 31.7 Å². The SMILES string of the molecule is COc1ccc(-c2cnc(CCC(=O)N3CCN(c4cccc(C)c4C)CC3)o2)c(OC)c1.